The van der Waals surface area contributed by atoms with Crippen LogP contribution in [0, 0.1) is 18.3 Å². The number of methoxy groups -OCH3 is 1. The zero-order valence-electron chi connectivity index (χ0n) is 12.3. The molecule has 0 amide bonds. The minimum Gasteiger partial charge on any atom is -0.481 e. The summed E-state index contributed by atoms with van der Waals surface area (Å²) >= 11 is 0. The lowest BCUT2D eigenvalue weighted by Gasteiger charge is -2.33. The van der Waals surface area contributed by atoms with Crippen LogP contribution in [0.2, 0.25) is 0 Å². The van der Waals surface area contributed by atoms with Crippen molar-refractivity contribution in [2.45, 2.75) is 39.2 Å². The standard InChI is InChI=1S/C14H25N3O2/c1-9-5-6-14(7-9,8-15)12(18)11-10(2)16-17(3)13(11)19-4/h9,12,18H,5-8,15H2,1-4H3. The van der Waals surface area contributed by atoms with Gasteiger partial charge in [0.05, 0.1) is 24.5 Å². The SMILES string of the molecule is COc1c(C(O)C2(CN)CCC(C)C2)c(C)nn1C. The number of nitrogens with two attached hydrogens (primary N) is 1. The summed E-state index contributed by atoms with van der Waals surface area (Å²) in [6.45, 7) is 4.62. The van der Waals surface area contributed by atoms with Gasteiger partial charge in [-0.25, -0.2) is 4.68 Å². The first-order valence-corrected chi connectivity index (χ1v) is 6.91. The fraction of sp³-hybridized carbons (Fsp3) is 0.786. The van der Waals surface area contributed by atoms with Gasteiger partial charge < -0.3 is 15.6 Å². The number of hydrogen-bond acceptors (Lipinski definition) is 4. The minimum atomic E-state index is -0.605. The molecule has 3 N–H and O–H groups in total. The number of hydrogen-bond donors (Lipinski definition) is 2. The van der Waals surface area contributed by atoms with Crippen molar-refractivity contribution in [3.63, 3.8) is 0 Å². The van der Waals surface area contributed by atoms with Crippen LogP contribution in [0.4, 0.5) is 0 Å². The maximum atomic E-state index is 10.9. The van der Waals surface area contributed by atoms with Gasteiger partial charge in [0.1, 0.15) is 0 Å². The molecule has 0 aromatic carbocycles. The number of aromatic nitrogens is 2. The largest absolute Gasteiger partial charge is 0.481 e. The van der Waals surface area contributed by atoms with E-state index >= 15 is 0 Å². The number of aliphatic hydroxyl groups excluding tert-OH is 1. The molecule has 108 valence electrons. The second-order valence-electron chi connectivity index (χ2n) is 5.95. The Morgan fingerprint density at radius 2 is 2.32 bits per heavy atom. The van der Waals surface area contributed by atoms with Crippen LogP contribution >= 0.6 is 0 Å². The summed E-state index contributed by atoms with van der Waals surface area (Å²) in [4.78, 5) is 0. The molecule has 0 aliphatic heterocycles. The summed E-state index contributed by atoms with van der Waals surface area (Å²) in [6, 6.07) is 0. The Balaban J connectivity index is 2.41. The zero-order chi connectivity index (χ0) is 14.2. The zero-order valence-corrected chi connectivity index (χ0v) is 12.3. The van der Waals surface area contributed by atoms with E-state index in [9.17, 15) is 5.11 Å². The molecule has 5 nitrogen and oxygen atoms in total. The summed E-state index contributed by atoms with van der Waals surface area (Å²) in [5.41, 5.74) is 7.37. The van der Waals surface area contributed by atoms with Crippen LogP contribution in [0.1, 0.15) is 43.5 Å². The molecule has 0 bridgehead atoms. The molecule has 1 aromatic rings. The van der Waals surface area contributed by atoms with Crippen molar-refractivity contribution in [3.05, 3.63) is 11.3 Å². The Labute approximate surface area is 114 Å². The minimum absolute atomic E-state index is 0.236. The van der Waals surface area contributed by atoms with Crippen molar-refractivity contribution in [3.8, 4) is 5.88 Å². The Morgan fingerprint density at radius 3 is 2.79 bits per heavy atom. The van der Waals surface area contributed by atoms with Gasteiger partial charge in [0.25, 0.3) is 0 Å². The predicted octanol–water partition coefficient (Wildman–Crippen LogP) is 1.54. The lowest BCUT2D eigenvalue weighted by atomic mass is 9.76. The fourth-order valence-electron chi connectivity index (χ4n) is 3.49. The molecule has 1 aliphatic carbocycles. The van der Waals surface area contributed by atoms with Crippen LogP contribution in [0.15, 0.2) is 0 Å². The summed E-state index contributed by atoms with van der Waals surface area (Å²) < 4.78 is 7.07. The van der Waals surface area contributed by atoms with E-state index in [0.717, 1.165) is 30.5 Å². The molecule has 19 heavy (non-hydrogen) atoms. The average molecular weight is 267 g/mol. The van der Waals surface area contributed by atoms with E-state index in [2.05, 4.69) is 12.0 Å². The van der Waals surface area contributed by atoms with E-state index in [-0.39, 0.29) is 5.41 Å². The molecule has 3 unspecified atom stereocenters. The molecule has 1 aromatic heterocycles. The fourth-order valence-corrected chi connectivity index (χ4v) is 3.49. The van der Waals surface area contributed by atoms with E-state index in [1.807, 2.05) is 14.0 Å². The summed E-state index contributed by atoms with van der Waals surface area (Å²) in [5.74, 6) is 1.25. The van der Waals surface area contributed by atoms with E-state index < -0.39 is 6.10 Å². The molecule has 1 heterocycles. The van der Waals surface area contributed by atoms with Crippen molar-refractivity contribution < 1.29 is 9.84 Å². The Hall–Kier alpha value is -1.07. The molecule has 0 saturated heterocycles. The van der Waals surface area contributed by atoms with Crippen LogP contribution in [0.5, 0.6) is 5.88 Å². The predicted molar refractivity (Wildman–Crippen MR) is 74.0 cm³/mol. The topological polar surface area (TPSA) is 73.3 Å². The van der Waals surface area contributed by atoms with Gasteiger partial charge in [-0.1, -0.05) is 13.3 Å². The lowest BCUT2D eigenvalue weighted by molar-refractivity contribution is 0.0283. The number of rotatable bonds is 4. The van der Waals surface area contributed by atoms with E-state index in [1.165, 1.54) is 0 Å². The first-order valence-electron chi connectivity index (χ1n) is 6.91. The number of nitrogens with zero attached hydrogens (tertiary/aromatic N) is 2. The van der Waals surface area contributed by atoms with Crippen LogP contribution in [0.25, 0.3) is 0 Å². The molecular formula is C14H25N3O2. The lowest BCUT2D eigenvalue weighted by Crippen LogP contribution is -2.35. The highest BCUT2D eigenvalue weighted by Crippen LogP contribution is 2.51. The molecule has 2 rings (SSSR count). The van der Waals surface area contributed by atoms with Gasteiger partial charge in [0, 0.05) is 19.0 Å². The van der Waals surface area contributed by atoms with Gasteiger partial charge in [-0.2, -0.15) is 5.10 Å². The first kappa shape index (κ1) is 14.3. The highest BCUT2D eigenvalue weighted by atomic mass is 16.5. The van der Waals surface area contributed by atoms with E-state index in [0.29, 0.717) is 18.3 Å². The number of ether oxygens (including phenoxy) is 1. The highest BCUT2D eigenvalue weighted by molar-refractivity contribution is 5.35. The second kappa shape index (κ2) is 5.13. The smallest absolute Gasteiger partial charge is 0.217 e. The van der Waals surface area contributed by atoms with Crippen LogP contribution in [-0.4, -0.2) is 28.5 Å². The maximum absolute atomic E-state index is 10.9. The summed E-state index contributed by atoms with van der Waals surface area (Å²) in [5, 5.41) is 15.2. The first-order chi connectivity index (χ1) is 8.95. The molecular weight excluding hydrogens is 242 g/mol. The van der Waals surface area contributed by atoms with Crippen LogP contribution in [0.3, 0.4) is 0 Å². The van der Waals surface area contributed by atoms with Gasteiger partial charge in [0.2, 0.25) is 5.88 Å². The molecule has 0 spiro atoms. The van der Waals surface area contributed by atoms with Gasteiger partial charge in [-0.3, -0.25) is 0 Å². The Bertz CT molecular complexity index is 458. The van der Waals surface area contributed by atoms with Gasteiger partial charge in [0.15, 0.2) is 0 Å². The van der Waals surface area contributed by atoms with Crippen LogP contribution < -0.4 is 10.5 Å². The monoisotopic (exact) mass is 267 g/mol. The molecule has 0 radical (unpaired) electrons. The normalized spacial score (nSPS) is 28.6. The van der Waals surface area contributed by atoms with Crippen molar-refractivity contribution in [2.75, 3.05) is 13.7 Å². The molecule has 1 aliphatic rings. The quantitative estimate of drug-likeness (QED) is 0.868. The third-order valence-electron chi connectivity index (χ3n) is 4.56. The summed E-state index contributed by atoms with van der Waals surface area (Å²) in [7, 11) is 3.44. The van der Waals surface area contributed by atoms with Crippen molar-refractivity contribution in [1.82, 2.24) is 9.78 Å². The molecule has 1 fully saturated rings. The maximum Gasteiger partial charge on any atom is 0.217 e. The van der Waals surface area contributed by atoms with Crippen LogP contribution in [-0.2, 0) is 7.05 Å². The van der Waals surface area contributed by atoms with E-state index in [1.54, 1.807) is 11.8 Å². The second-order valence-corrected chi connectivity index (χ2v) is 5.95. The van der Waals surface area contributed by atoms with Crippen molar-refractivity contribution in [1.29, 1.82) is 0 Å². The third kappa shape index (κ3) is 2.25. The highest BCUT2D eigenvalue weighted by Gasteiger charge is 2.45. The van der Waals surface area contributed by atoms with E-state index in [4.69, 9.17) is 10.5 Å². The number of aryl methyl sites for hydroxylation is 2. The Morgan fingerprint density at radius 1 is 1.63 bits per heavy atom. The van der Waals surface area contributed by atoms with Gasteiger partial charge in [-0.05, 0) is 25.7 Å². The van der Waals surface area contributed by atoms with Gasteiger partial charge >= 0.3 is 0 Å². The molecule has 5 heteroatoms. The van der Waals surface area contributed by atoms with Crippen molar-refractivity contribution in [2.24, 2.45) is 24.1 Å². The third-order valence-corrected chi connectivity index (χ3v) is 4.56. The molecule has 3 atom stereocenters. The number of aliphatic hydroxyl groups is 1. The molecule has 1 saturated carbocycles. The Kier molecular flexibility index (Phi) is 3.87. The van der Waals surface area contributed by atoms with Crippen molar-refractivity contribution >= 4 is 0 Å². The average Bonchev–Trinajstić information content (AvgIpc) is 2.89. The summed E-state index contributed by atoms with van der Waals surface area (Å²) in [6.07, 6.45) is 2.44. The van der Waals surface area contributed by atoms with Gasteiger partial charge in [-0.15, -0.1) is 0 Å².